The van der Waals surface area contributed by atoms with Crippen LogP contribution in [0.15, 0.2) is 23.4 Å². The molecule has 0 radical (unpaired) electrons. The Labute approximate surface area is 98.6 Å². The molecule has 92 valence electrons. The van der Waals surface area contributed by atoms with Gasteiger partial charge in [-0.2, -0.15) is 0 Å². The van der Waals surface area contributed by atoms with Gasteiger partial charge in [0.2, 0.25) is 6.79 Å². The van der Waals surface area contributed by atoms with E-state index in [0.717, 1.165) is 0 Å². The molecule has 1 atom stereocenters. The SMILES string of the molecule is CCC(Oc1ccc2c(c1)OCO2)C(N)=NO. The van der Waals surface area contributed by atoms with Crippen LogP contribution in [-0.4, -0.2) is 23.9 Å². The molecule has 0 amide bonds. The third-order valence-corrected chi connectivity index (χ3v) is 2.44. The van der Waals surface area contributed by atoms with Gasteiger partial charge in [0.05, 0.1) is 0 Å². The molecule has 3 N–H and O–H groups in total. The van der Waals surface area contributed by atoms with Crippen LogP contribution in [0.5, 0.6) is 17.2 Å². The fourth-order valence-electron chi connectivity index (χ4n) is 1.53. The van der Waals surface area contributed by atoms with Gasteiger partial charge in [-0.15, -0.1) is 0 Å². The summed E-state index contributed by atoms with van der Waals surface area (Å²) in [7, 11) is 0. The predicted octanol–water partition coefficient (Wildman–Crippen LogP) is 1.32. The standard InChI is InChI=1S/C11H14N2O4/c1-2-8(11(12)13-14)17-7-3-4-9-10(5-7)16-6-15-9/h3-5,8,14H,2,6H2,1H3,(H2,12,13). The van der Waals surface area contributed by atoms with Crippen LogP contribution in [0.1, 0.15) is 13.3 Å². The van der Waals surface area contributed by atoms with Crippen LogP contribution >= 0.6 is 0 Å². The van der Waals surface area contributed by atoms with E-state index in [9.17, 15) is 0 Å². The average molecular weight is 238 g/mol. The first-order valence-corrected chi connectivity index (χ1v) is 5.28. The van der Waals surface area contributed by atoms with E-state index in [-0.39, 0.29) is 12.6 Å². The molecule has 0 spiro atoms. The lowest BCUT2D eigenvalue weighted by atomic mass is 10.2. The van der Waals surface area contributed by atoms with E-state index >= 15 is 0 Å². The van der Waals surface area contributed by atoms with Crippen LogP contribution in [0, 0.1) is 0 Å². The number of benzene rings is 1. The molecule has 0 saturated heterocycles. The molecule has 1 unspecified atom stereocenters. The second-order valence-corrected chi connectivity index (χ2v) is 3.55. The topological polar surface area (TPSA) is 86.3 Å². The zero-order valence-electron chi connectivity index (χ0n) is 9.42. The third kappa shape index (κ3) is 2.35. The first-order chi connectivity index (χ1) is 8.24. The summed E-state index contributed by atoms with van der Waals surface area (Å²) in [4.78, 5) is 0. The highest BCUT2D eigenvalue weighted by molar-refractivity contribution is 5.84. The highest BCUT2D eigenvalue weighted by Crippen LogP contribution is 2.35. The van der Waals surface area contributed by atoms with Crippen molar-refractivity contribution in [1.29, 1.82) is 0 Å². The lowest BCUT2D eigenvalue weighted by Gasteiger charge is -2.16. The maximum Gasteiger partial charge on any atom is 0.231 e. The Bertz CT molecular complexity index is 433. The van der Waals surface area contributed by atoms with Crippen molar-refractivity contribution in [2.45, 2.75) is 19.4 Å². The maximum atomic E-state index is 8.61. The lowest BCUT2D eigenvalue weighted by Crippen LogP contribution is -2.33. The molecule has 1 aromatic carbocycles. The second-order valence-electron chi connectivity index (χ2n) is 3.55. The Morgan fingerprint density at radius 2 is 2.29 bits per heavy atom. The number of ether oxygens (including phenoxy) is 3. The summed E-state index contributed by atoms with van der Waals surface area (Å²) in [6.07, 6.45) is 0.144. The summed E-state index contributed by atoms with van der Waals surface area (Å²) >= 11 is 0. The van der Waals surface area contributed by atoms with Gasteiger partial charge in [0.15, 0.2) is 23.4 Å². The van der Waals surface area contributed by atoms with Crippen molar-refractivity contribution in [2.75, 3.05) is 6.79 Å². The van der Waals surface area contributed by atoms with Gasteiger partial charge in [-0.3, -0.25) is 0 Å². The second kappa shape index (κ2) is 4.82. The van der Waals surface area contributed by atoms with Crippen LogP contribution in [-0.2, 0) is 0 Å². The average Bonchev–Trinajstić information content (AvgIpc) is 2.82. The Balaban J connectivity index is 2.13. The number of hydrogen-bond acceptors (Lipinski definition) is 5. The van der Waals surface area contributed by atoms with Gasteiger partial charge in [-0.05, 0) is 18.6 Å². The molecule has 1 heterocycles. The minimum Gasteiger partial charge on any atom is -0.482 e. The lowest BCUT2D eigenvalue weighted by molar-refractivity contribution is 0.173. The minimum absolute atomic E-state index is 0.0465. The summed E-state index contributed by atoms with van der Waals surface area (Å²) in [6.45, 7) is 2.10. The summed E-state index contributed by atoms with van der Waals surface area (Å²) in [5, 5.41) is 11.5. The van der Waals surface area contributed by atoms with E-state index < -0.39 is 6.10 Å². The van der Waals surface area contributed by atoms with Crippen molar-refractivity contribution >= 4 is 5.84 Å². The van der Waals surface area contributed by atoms with Gasteiger partial charge in [-0.25, -0.2) is 0 Å². The molecule has 0 bridgehead atoms. The summed E-state index contributed by atoms with van der Waals surface area (Å²) < 4.78 is 16.0. The Morgan fingerprint density at radius 1 is 1.53 bits per heavy atom. The van der Waals surface area contributed by atoms with Crippen LogP contribution in [0.3, 0.4) is 0 Å². The Hall–Kier alpha value is -2.11. The molecule has 1 aliphatic heterocycles. The zero-order valence-corrected chi connectivity index (χ0v) is 9.42. The zero-order chi connectivity index (χ0) is 12.3. The number of fused-ring (bicyclic) bond motifs is 1. The molecule has 6 heteroatoms. The minimum atomic E-state index is -0.458. The maximum absolute atomic E-state index is 8.61. The van der Waals surface area contributed by atoms with E-state index in [4.69, 9.17) is 25.2 Å². The van der Waals surface area contributed by atoms with Crippen LogP contribution in [0.25, 0.3) is 0 Å². The first-order valence-electron chi connectivity index (χ1n) is 5.28. The van der Waals surface area contributed by atoms with Gasteiger partial charge in [-0.1, -0.05) is 12.1 Å². The number of hydrogen-bond donors (Lipinski definition) is 2. The van der Waals surface area contributed by atoms with Crippen molar-refractivity contribution in [3.05, 3.63) is 18.2 Å². The molecule has 17 heavy (non-hydrogen) atoms. The molecule has 1 aliphatic rings. The molecule has 0 saturated carbocycles. The molecule has 0 fully saturated rings. The Morgan fingerprint density at radius 3 is 3.00 bits per heavy atom. The van der Waals surface area contributed by atoms with E-state index in [0.29, 0.717) is 23.7 Å². The van der Waals surface area contributed by atoms with Crippen LogP contribution < -0.4 is 19.9 Å². The van der Waals surface area contributed by atoms with E-state index in [1.807, 2.05) is 6.92 Å². The van der Waals surface area contributed by atoms with Crippen molar-refractivity contribution in [1.82, 2.24) is 0 Å². The first kappa shape index (κ1) is 11.4. The molecular formula is C11H14N2O4. The fourth-order valence-corrected chi connectivity index (χ4v) is 1.53. The molecule has 0 aromatic heterocycles. The van der Waals surface area contributed by atoms with E-state index in [1.54, 1.807) is 18.2 Å². The van der Waals surface area contributed by atoms with Crippen LogP contribution in [0.4, 0.5) is 0 Å². The van der Waals surface area contributed by atoms with Gasteiger partial charge in [0, 0.05) is 6.07 Å². The molecule has 0 aliphatic carbocycles. The van der Waals surface area contributed by atoms with Crippen molar-refractivity contribution in [2.24, 2.45) is 10.9 Å². The van der Waals surface area contributed by atoms with Crippen molar-refractivity contribution in [3.8, 4) is 17.2 Å². The number of nitrogens with zero attached hydrogens (tertiary/aromatic N) is 1. The molecule has 2 rings (SSSR count). The third-order valence-electron chi connectivity index (χ3n) is 2.44. The van der Waals surface area contributed by atoms with Crippen molar-refractivity contribution in [3.63, 3.8) is 0 Å². The number of oxime groups is 1. The van der Waals surface area contributed by atoms with Crippen molar-refractivity contribution < 1.29 is 19.4 Å². The van der Waals surface area contributed by atoms with Gasteiger partial charge < -0.3 is 25.2 Å². The number of rotatable bonds is 4. The molecular weight excluding hydrogens is 224 g/mol. The van der Waals surface area contributed by atoms with E-state index in [2.05, 4.69) is 5.16 Å². The summed E-state index contributed by atoms with van der Waals surface area (Å²) in [5.74, 6) is 1.96. The summed E-state index contributed by atoms with van der Waals surface area (Å²) in [5.41, 5.74) is 5.51. The molecule has 1 aromatic rings. The highest BCUT2D eigenvalue weighted by atomic mass is 16.7. The quantitative estimate of drug-likeness (QED) is 0.357. The highest BCUT2D eigenvalue weighted by Gasteiger charge is 2.17. The van der Waals surface area contributed by atoms with E-state index in [1.165, 1.54) is 0 Å². The van der Waals surface area contributed by atoms with Gasteiger partial charge in [0.25, 0.3) is 0 Å². The monoisotopic (exact) mass is 238 g/mol. The number of nitrogens with two attached hydrogens (primary N) is 1. The smallest absolute Gasteiger partial charge is 0.231 e. The largest absolute Gasteiger partial charge is 0.482 e. The van der Waals surface area contributed by atoms with Crippen LogP contribution in [0.2, 0.25) is 0 Å². The summed E-state index contributed by atoms with van der Waals surface area (Å²) in [6, 6.07) is 5.23. The number of amidine groups is 1. The Kier molecular flexibility index (Phi) is 3.22. The molecule has 6 nitrogen and oxygen atoms in total. The predicted molar refractivity (Wildman–Crippen MR) is 60.7 cm³/mol. The van der Waals surface area contributed by atoms with Gasteiger partial charge >= 0.3 is 0 Å². The van der Waals surface area contributed by atoms with Gasteiger partial charge in [0.1, 0.15) is 5.75 Å². The fraction of sp³-hybridized carbons (Fsp3) is 0.364. The normalized spacial score (nSPS) is 15.7.